The summed E-state index contributed by atoms with van der Waals surface area (Å²) in [5.41, 5.74) is 1.21. The molecule has 11 heavy (non-hydrogen) atoms. The molecule has 0 fully saturated rings. The molecule has 0 aromatic carbocycles. The van der Waals surface area contributed by atoms with Gasteiger partial charge in [-0.05, 0) is 12.1 Å². The predicted molar refractivity (Wildman–Crippen MR) is 46.7 cm³/mol. The molecular formula is C8H9NOS. The highest BCUT2D eigenvalue weighted by Crippen LogP contribution is 2.25. The number of aliphatic hydroxyl groups is 1. The maximum Gasteiger partial charge on any atom is 0.0775 e. The Balaban J connectivity index is 2.70. The second-order valence-electron chi connectivity index (χ2n) is 2.55. The summed E-state index contributed by atoms with van der Waals surface area (Å²) in [6.07, 6.45) is 2.03. The van der Waals surface area contributed by atoms with Crippen molar-refractivity contribution in [3.05, 3.63) is 23.2 Å². The highest BCUT2D eigenvalue weighted by atomic mass is 32.1. The maximum atomic E-state index is 8.85. The molecule has 0 amide bonds. The summed E-state index contributed by atoms with van der Waals surface area (Å²) in [5, 5.41) is 8.85. The lowest BCUT2D eigenvalue weighted by Gasteiger charge is -1.88. The second-order valence-corrected chi connectivity index (χ2v) is 3.72. The molecule has 0 aliphatic carbocycles. The van der Waals surface area contributed by atoms with Gasteiger partial charge in [0.05, 0.1) is 16.8 Å². The van der Waals surface area contributed by atoms with Gasteiger partial charge in [0.25, 0.3) is 0 Å². The molecule has 0 saturated carbocycles. The largest absolute Gasteiger partial charge is 0.391 e. The van der Waals surface area contributed by atoms with E-state index in [9.17, 15) is 0 Å². The molecule has 0 bridgehead atoms. The zero-order valence-corrected chi connectivity index (χ0v) is 7.06. The number of aliphatic hydroxyl groups excluding tert-OH is 1. The third kappa shape index (κ3) is 0.968. The lowest BCUT2D eigenvalue weighted by molar-refractivity contribution is 0.285. The molecule has 2 aromatic heterocycles. The normalized spacial score (nSPS) is 11.1. The minimum atomic E-state index is 0.152. The third-order valence-corrected chi connectivity index (χ3v) is 2.85. The second kappa shape index (κ2) is 2.36. The van der Waals surface area contributed by atoms with Crippen LogP contribution in [0.4, 0.5) is 0 Å². The quantitative estimate of drug-likeness (QED) is 0.687. The molecule has 1 N–H and O–H groups in total. The number of aromatic nitrogens is 1. The van der Waals surface area contributed by atoms with E-state index in [4.69, 9.17) is 5.11 Å². The van der Waals surface area contributed by atoms with Crippen LogP contribution in [-0.4, -0.2) is 9.67 Å². The fourth-order valence-corrected chi connectivity index (χ4v) is 2.13. The maximum absolute atomic E-state index is 8.85. The number of hydrogen-bond acceptors (Lipinski definition) is 2. The standard InChI is InChI=1S/C8H9NOS/c1-9-3-2-8-7(9)4-6(5-10)11-8/h2-4,10H,5H2,1H3. The lowest BCUT2D eigenvalue weighted by Crippen LogP contribution is -1.81. The fraction of sp³-hybridized carbons (Fsp3) is 0.250. The summed E-state index contributed by atoms with van der Waals surface area (Å²) in [5.74, 6) is 0. The number of thiophene rings is 1. The van der Waals surface area contributed by atoms with Crippen molar-refractivity contribution in [3.63, 3.8) is 0 Å². The minimum Gasteiger partial charge on any atom is -0.391 e. The molecule has 0 aliphatic heterocycles. The monoisotopic (exact) mass is 167 g/mol. The Morgan fingerprint density at radius 3 is 3.09 bits per heavy atom. The van der Waals surface area contributed by atoms with E-state index in [-0.39, 0.29) is 6.61 Å². The molecule has 58 valence electrons. The summed E-state index contributed by atoms with van der Waals surface area (Å²) in [6.45, 7) is 0.152. The van der Waals surface area contributed by atoms with Crippen molar-refractivity contribution in [2.75, 3.05) is 0 Å². The summed E-state index contributed by atoms with van der Waals surface area (Å²) >= 11 is 1.65. The van der Waals surface area contributed by atoms with Crippen molar-refractivity contribution in [3.8, 4) is 0 Å². The number of nitrogens with zero attached hydrogens (tertiary/aromatic N) is 1. The molecule has 0 saturated heterocycles. The molecule has 0 radical (unpaired) electrons. The van der Waals surface area contributed by atoms with Gasteiger partial charge in [-0.2, -0.15) is 0 Å². The van der Waals surface area contributed by atoms with Crippen molar-refractivity contribution >= 4 is 21.6 Å². The number of aryl methyl sites for hydroxylation is 1. The van der Waals surface area contributed by atoms with Crippen LogP contribution in [0.1, 0.15) is 4.88 Å². The van der Waals surface area contributed by atoms with Crippen molar-refractivity contribution in [2.24, 2.45) is 7.05 Å². The van der Waals surface area contributed by atoms with E-state index in [1.54, 1.807) is 11.3 Å². The van der Waals surface area contributed by atoms with E-state index >= 15 is 0 Å². The van der Waals surface area contributed by atoms with Gasteiger partial charge < -0.3 is 9.67 Å². The summed E-state index contributed by atoms with van der Waals surface area (Å²) < 4.78 is 3.31. The molecule has 0 atom stereocenters. The summed E-state index contributed by atoms with van der Waals surface area (Å²) in [6, 6.07) is 4.10. The van der Waals surface area contributed by atoms with Gasteiger partial charge in [0.1, 0.15) is 0 Å². The van der Waals surface area contributed by atoms with E-state index in [1.807, 2.05) is 19.3 Å². The van der Waals surface area contributed by atoms with Crippen LogP contribution < -0.4 is 0 Å². The van der Waals surface area contributed by atoms with Crippen LogP contribution in [0, 0.1) is 0 Å². The van der Waals surface area contributed by atoms with Crippen molar-refractivity contribution in [1.82, 2.24) is 4.57 Å². The number of fused-ring (bicyclic) bond motifs is 1. The average Bonchev–Trinajstić information content (AvgIpc) is 2.53. The Hall–Kier alpha value is -0.800. The first-order valence-electron chi connectivity index (χ1n) is 3.46. The van der Waals surface area contributed by atoms with Crippen LogP contribution in [0.25, 0.3) is 10.2 Å². The molecule has 2 rings (SSSR count). The van der Waals surface area contributed by atoms with Crippen molar-refractivity contribution < 1.29 is 5.11 Å². The van der Waals surface area contributed by atoms with Crippen molar-refractivity contribution in [2.45, 2.75) is 6.61 Å². The van der Waals surface area contributed by atoms with Gasteiger partial charge >= 0.3 is 0 Å². The fourth-order valence-electron chi connectivity index (χ4n) is 1.18. The zero-order chi connectivity index (χ0) is 7.84. The van der Waals surface area contributed by atoms with E-state index in [0.717, 1.165) is 4.88 Å². The van der Waals surface area contributed by atoms with Crippen molar-refractivity contribution in [1.29, 1.82) is 0 Å². The zero-order valence-electron chi connectivity index (χ0n) is 6.24. The molecular weight excluding hydrogens is 158 g/mol. The van der Waals surface area contributed by atoms with Gasteiger partial charge in [0.2, 0.25) is 0 Å². The lowest BCUT2D eigenvalue weighted by atomic mass is 10.4. The van der Waals surface area contributed by atoms with Crippen LogP contribution >= 0.6 is 11.3 Å². The Morgan fingerprint density at radius 1 is 1.64 bits per heavy atom. The molecule has 2 heterocycles. The van der Waals surface area contributed by atoms with Crippen LogP contribution in [0.5, 0.6) is 0 Å². The van der Waals surface area contributed by atoms with E-state index in [0.29, 0.717) is 0 Å². The molecule has 0 aliphatic rings. The number of hydrogen-bond donors (Lipinski definition) is 1. The molecule has 0 unspecified atom stereocenters. The Bertz CT molecular complexity index is 374. The molecule has 0 spiro atoms. The third-order valence-electron chi connectivity index (χ3n) is 1.78. The van der Waals surface area contributed by atoms with Gasteiger partial charge in [-0.3, -0.25) is 0 Å². The average molecular weight is 167 g/mol. The Morgan fingerprint density at radius 2 is 2.45 bits per heavy atom. The summed E-state index contributed by atoms with van der Waals surface area (Å²) in [4.78, 5) is 1.03. The molecule has 2 nitrogen and oxygen atoms in total. The van der Waals surface area contributed by atoms with Crippen LogP contribution in [0.3, 0.4) is 0 Å². The minimum absolute atomic E-state index is 0.152. The highest BCUT2D eigenvalue weighted by Gasteiger charge is 2.02. The SMILES string of the molecule is Cn1ccc2sc(CO)cc21. The topological polar surface area (TPSA) is 25.2 Å². The predicted octanol–water partition coefficient (Wildman–Crippen LogP) is 1.73. The van der Waals surface area contributed by atoms with Gasteiger partial charge in [0, 0.05) is 18.1 Å². The van der Waals surface area contributed by atoms with E-state index in [1.165, 1.54) is 10.2 Å². The van der Waals surface area contributed by atoms with Crippen LogP contribution in [-0.2, 0) is 13.7 Å². The smallest absolute Gasteiger partial charge is 0.0775 e. The Labute approximate surface area is 68.7 Å². The highest BCUT2D eigenvalue weighted by molar-refractivity contribution is 7.19. The first kappa shape index (κ1) is 6.88. The Kier molecular flexibility index (Phi) is 1.47. The number of rotatable bonds is 1. The molecule has 2 aromatic rings. The van der Waals surface area contributed by atoms with Crippen LogP contribution in [0.15, 0.2) is 18.3 Å². The van der Waals surface area contributed by atoms with E-state index in [2.05, 4.69) is 10.6 Å². The van der Waals surface area contributed by atoms with Crippen LogP contribution in [0.2, 0.25) is 0 Å². The van der Waals surface area contributed by atoms with Gasteiger partial charge in [0.15, 0.2) is 0 Å². The van der Waals surface area contributed by atoms with Gasteiger partial charge in [-0.1, -0.05) is 0 Å². The van der Waals surface area contributed by atoms with E-state index < -0.39 is 0 Å². The van der Waals surface area contributed by atoms with Gasteiger partial charge in [-0.15, -0.1) is 11.3 Å². The first-order chi connectivity index (χ1) is 5.31. The summed E-state index contributed by atoms with van der Waals surface area (Å²) in [7, 11) is 2.01. The van der Waals surface area contributed by atoms with Gasteiger partial charge in [-0.25, -0.2) is 0 Å². The molecule has 3 heteroatoms. The first-order valence-corrected chi connectivity index (χ1v) is 4.27.